The summed E-state index contributed by atoms with van der Waals surface area (Å²) < 4.78 is 4.89. The van der Waals surface area contributed by atoms with Crippen LogP contribution in [-0.4, -0.2) is 67.3 Å². The lowest BCUT2D eigenvalue weighted by Gasteiger charge is -2.26. The van der Waals surface area contributed by atoms with E-state index in [0.717, 1.165) is 12.8 Å². The minimum atomic E-state index is -0.973. The fourth-order valence-corrected chi connectivity index (χ4v) is 1.55. The van der Waals surface area contributed by atoms with E-state index in [9.17, 15) is 9.59 Å². The van der Waals surface area contributed by atoms with Gasteiger partial charge in [-0.25, -0.2) is 4.79 Å². The maximum absolute atomic E-state index is 12.0. The highest BCUT2D eigenvalue weighted by atomic mass is 16.5. The number of carboxylic acids is 1. The van der Waals surface area contributed by atoms with E-state index < -0.39 is 5.97 Å². The molecule has 6 heteroatoms. The normalized spacial score (nSPS) is 14.5. The van der Waals surface area contributed by atoms with Gasteiger partial charge in [0.15, 0.2) is 0 Å². The Morgan fingerprint density at radius 3 is 2.53 bits per heavy atom. The number of aliphatic carboxylic acids is 1. The fraction of sp³-hybridized carbons (Fsp3) is 0.818. The number of amides is 2. The third-order valence-corrected chi connectivity index (χ3v) is 2.73. The van der Waals surface area contributed by atoms with Gasteiger partial charge in [0.25, 0.3) is 0 Å². The van der Waals surface area contributed by atoms with Gasteiger partial charge in [0.05, 0.1) is 6.61 Å². The van der Waals surface area contributed by atoms with Crippen LogP contribution < -0.4 is 0 Å². The van der Waals surface area contributed by atoms with E-state index in [1.54, 1.807) is 14.2 Å². The van der Waals surface area contributed by atoms with Crippen LogP contribution in [-0.2, 0) is 9.53 Å². The van der Waals surface area contributed by atoms with Gasteiger partial charge in [-0.1, -0.05) is 0 Å². The summed E-state index contributed by atoms with van der Waals surface area (Å²) in [6.07, 6.45) is 2.18. The van der Waals surface area contributed by atoms with Crippen molar-refractivity contribution in [1.29, 1.82) is 0 Å². The van der Waals surface area contributed by atoms with E-state index >= 15 is 0 Å². The fourth-order valence-electron chi connectivity index (χ4n) is 1.55. The summed E-state index contributed by atoms with van der Waals surface area (Å²) in [5.41, 5.74) is 0. The third kappa shape index (κ3) is 5.04. The molecule has 6 nitrogen and oxygen atoms in total. The molecule has 0 aliphatic heterocycles. The molecule has 0 aromatic rings. The van der Waals surface area contributed by atoms with E-state index in [0.29, 0.717) is 25.6 Å². The number of methoxy groups -OCH3 is 1. The Balaban J connectivity index is 2.47. The van der Waals surface area contributed by atoms with Crippen molar-refractivity contribution in [2.75, 3.05) is 40.4 Å². The Bertz CT molecular complexity index is 279. The molecule has 0 aromatic carbocycles. The van der Waals surface area contributed by atoms with Gasteiger partial charge in [0, 0.05) is 27.2 Å². The van der Waals surface area contributed by atoms with Crippen LogP contribution in [0.4, 0.5) is 4.79 Å². The van der Waals surface area contributed by atoms with Gasteiger partial charge in [0.1, 0.15) is 6.54 Å². The molecule has 0 heterocycles. The number of hydrogen-bond donors (Lipinski definition) is 1. The van der Waals surface area contributed by atoms with Crippen LogP contribution in [0, 0.1) is 5.92 Å². The standard InChI is InChI=1S/C11H20N2O4/c1-12(5-6-17-2)11(16)13(8-10(14)15)7-9-3-4-9/h9H,3-8H2,1-2H3,(H,14,15). The average Bonchev–Trinajstić information content (AvgIpc) is 3.07. The highest BCUT2D eigenvalue weighted by Crippen LogP contribution is 2.29. The largest absolute Gasteiger partial charge is 0.480 e. The first kappa shape index (κ1) is 13.8. The second kappa shape index (κ2) is 6.44. The second-order valence-corrected chi connectivity index (χ2v) is 4.41. The lowest BCUT2D eigenvalue weighted by atomic mass is 10.3. The number of carbonyl (C=O) groups is 2. The van der Waals surface area contributed by atoms with Crippen molar-refractivity contribution in [2.24, 2.45) is 5.92 Å². The van der Waals surface area contributed by atoms with Crippen molar-refractivity contribution in [3.63, 3.8) is 0 Å². The molecule has 0 aromatic heterocycles. The SMILES string of the molecule is COCCN(C)C(=O)N(CC(=O)O)CC1CC1. The zero-order valence-electron chi connectivity index (χ0n) is 10.4. The first-order chi connectivity index (χ1) is 8.04. The number of rotatable bonds is 7. The number of likely N-dealkylation sites (N-methyl/N-ethyl adjacent to an activating group) is 1. The molecule has 0 radical (unpaired) electrons. The topological polar surface area (TPSA) is 70.1 Å². The Labute approximate surface area is 101 Å². The Morgan fingerprint density at radius 2 is 2.06 bits per heavy atom. The molecule has 1 aliphatic rings. The number of hydrogen-bond acceptors (Lipinski definition) is 3. The van der Waals surface area contributed by atoms with Crippen LogP contribution in [0.15, 0.2) is 0 Å². The summed E-state index contributed by atoms with van der Waals surface area (Å²) in [7, 11) is 3.22. The smallest absolute Gasteiger partial charge is 0.323 e. The van der Waals surface area contributed by atoms with Crippen molar-refractivity contribution in [2.45, 2.75) is 12.8 Å². The van der Waals surface area contributed by atoms with E-state index in [1.165, 1.54) is 9.80 Å². The van der Waals surface area contributed by atoms with Crippen LogP contribution in [0.2, 0.25) is 0 Å². The Hall–Kier alpha value is -1.30. The molecule has 1 N–H and O–H groups in total. The molecule has 0 bridgehead atoms. The number of urea groups is 1. The second-order valence-electron chi connectivity index (χ2n) is 4.41. The van der Waals surface area contributed by atoms with Gasteiger partial charge < -0.3 is 19.6 Å². The predicted molar refractivity (Wildman–Crippen MR) is 61.8 cm³/mol. The quantitative estimate of drug-likeness (QED) is 0.707. The molecule has 1 saturated carbocycles. The molecule has 0 spiro atoms. The van der Waals surface area contributed by atoms with Crippen LogP contribution >= 0.6 is 0 Å². The molecule has 0 saturated heterocycles. The summed E-state index contributed by atoms with van der Waals surface area (Å²) in [6.45, 7) is 1.23. The number of carboxylic acid groups (broad SMARTS) is 1. The molecule has 1 fully saturated rings. The third-order valence-electron chi connectivity index (χ3n) is 2.73. The highest BCUT2D eigenvalue weighted by molar-refractivity contribution is 5.80. The first-order valence-electron chi connectivity index (χ1n) is 5.75. The van der Waals surface area contributed by atoms with Gasteiger partial charge in [-0.15, -0.1) is 0 Å². The Kier molecular flexibility index (Phi) is 5.21. The molecule has 2 amide bonds. The van der Waals surface area contributed by atoms with Gasteiger partial charge in [0.2, 0.25) is 0 Å². The zero-order valence-corrected chi connectivity index (χ0v) is 10.4. The predicted octanol–water partition coefficient (Wildman–Crippen LogP) is 0.481. The van der Waals surface area contributed by atoms with Crippen LogP contribution in [0.3, 0.4) is 0 Å². The van der Waals surface area contributed by atoms with Crippen molar-refractivity contribution >= 4 is 12.0 Å². The summed E-state index contributed by atoms with van der Waals surface area (Å²) in [6, 6.07) is -0.239. The van der Waals surface area contributed by atoms with Crippen LogP contribution in [0.1, 0.15) is 12.8 Å². The maximum atomic E-state index is 12.0. The van der Waals surface area contributed by atoms with Gasteiger partial charge in [-0.2, -0.15) is 0 Å². The molecular formula is C11H20N2O4. The van der Waals surface area contributed by atoms with Crippen LogP contribution in [0.25, 0.3) is 0 Å². The molecule has 1 rings (SSSR count). The van der Waals surface area contributed by atoms with E-state index in [1.807, 2.05) is 0 Å². The minimum Gasteiger partial charge on any atom is -0.480 e. The minimum absolute atomic E-state index is 0.230. The summed E-state index contributed by atoms with van der Waals surface area (Å²) >= 11 is 0. The lowest BCUT2D eigenvalue weighted by Crippen LogP contribution is -2.45. The lowest BCUT2D eigenvalue weighted by molar-refractivity contribution is -0.137. The molecule has 17 heavy (non-hydrogen) atoms. The molecule has 98 valence electrons. The number of ether oxygens (including phenoxy) is 1. The monoisotopic (exact) mass is 244 g/mol. The number of carbonyl (C=O) groups excluding carboxylic acids is 1. The summed E-state index contributed by atoms with van der Waals surface area (Å²) in [5, 5.41) is 8.79. The zero-order chi connectivity index (χ0) is 12.8. The van der Waals surface area contributed by atoms with Gasteiger partial charge in [-0.3, -0.25) is 4.79 Å². The molecule has 0 atom stereocenters. The van der Waals surface area contributed by atoms with Crippen molar-refractivity contribution in [3.8, 4) is 0 Å². The van der Waals surface area contributed by atoms with Crippen molar-refractivity contribution < 1.29 is 19.4 Å². The number of nitrogens with zero attached hydrogens (tertiary/aromatic N) is 2. The average molecular weight is 244 g/mol. The highest BCUT2D eigenvalue weighted by Gasteiger charge is 2.29. The summed E-state index contributed by atoms with van der Waals surface area (Å²) in [4.78, 5) is 25.6. The summed E-state index contributed by atoms with van der Waals surface area (Å²) in [5.74, 6) is -0.492. The molecule has 0 unspecified atom stereocenters. The maximum Gasteiger partial charge on any atom is 0.323 e. The van der Waals surface area contributed by atoms with E-state index in [-0.39, 0.29) is 12.6 Å². The molecule has 1 aliphatic carbocycles. The van der Waals surface area contributed by atoms with E-state index in [4.69, 9.17) is 9.84 Å². The van der Waals surface area contributed by atoms with Crippen molar-refractivity contribution in [1.82, 2.24) is 9.80 Å². The first-order valence-corrected chi connectivity index (χ1v) is 5.75. The van der Waals surface area contributed by atoms with Gasteiger partial charge >= 0.3 is 12.0 Å². The van der Waals surface area contributed by atoms with Gasteiger partial charge in [-0.05, 0) is 18.8 Å². The Morgan fingerprint density at radius 1 is 1.41 bits per heavy atom. The van der Waals surface area contributed by atoms with Crippen molar-refractivity contribution in [3.05, 3.63) is 0 Å². The van der Waals surface area contributed by atoms with E-state index in [2.05, 4.69) is 0 Å². The van der Waals surface area contributed by atoms with Crippen LogP contribution in [0.5, 0.6) is 0 Å². The molecular weight excluding hydrogens is 224 g/mol.